The Bertz CT molecular complexity index is 1070. The molecule has 1 heterocycles. The highest BCUT2D eigenvalue weighted by Gasteiger charge is 2.63. The fourth-order valence-corrected chi connectivity index (χ4v) is 7.28. The second-order valence-electron chi connectivity index (χ2n) is 11.9. The molecule has 2 amide bonds. The molecule has 1 saturated heterocycles. The van der Waals surface area contributed by atoms with Gasteiger partial charge in [-0.25, -0.2) is 4.79 Å². The third-order valence-electron chi connectivity index (χ3n) is 9.95. The molecule has 4 aliphatic rings. The van der Waals surface area contributed by atoms with E-state index in [9.17, 15) is 9.90 Å². The second kappa shape index (κ2) is 8.07. The average molecular weight is 474 g/mol. The topological polar surface area (TPSA) is 47.0 Å². The van der Waals surface area contributed by atoms with Crippen molar-refractivity contribution in [1.82, 2.24) is 14.7 Å². The smallest absolute Gasteiger partial charge is 0.321 e. The molecule has 0 bridgehead atoms. The monoisotopic (exact) mass is 473 g/mol. The summed E-state index contributed by atoms with van der Waals surface area (Å²) in [5.74, 6) is 0. The summed E-state index contributed by atoms with van der Waals surface area (Å²) in [6.45, 7) is 1.25. The number of β-amino-alcohol motifs (C(OH)–C–C–N with tert-alkyl or cyclic N) is 1. The molecule has 186 valence electrons. The highest BCUT2D eigenvalue weighted by atomic mass is 16.3. The average Bonchev–Trinajstić information content (AvgIpc) is 3.63. The highest BCUT2D eigenvalue weighted by molar-refractivity contribution is 5.80. The largest absolute Gasteiger partial charge is 0.388 e. The number of carbonyl (C=O) groups is 1. The minimum atomic E-state index is -0.711. The molecule has 1 aliphatic heterocycles. The summed E-state index contributed by atoms with van der Waals surface area (Å²) in [4.78, 5) is 20.9. The summed E-state index contributed by atoms with van der Waals surface area (Å²) < 4.78 is 0. The van der Waals surface area contributed by atoms with E-state index in [2.05, 4.69) is 89.5 Å². The molecular formula is C30H39N3O2. The molecule has 1 N–H and O–H groups in total. The summed E-state index contributed by atoms with van der Waals surface area (Å²) in [5, 5.41) is 11.2. The molecule has 2 aromatic rings. The Morgan fingerprint density at radius 1 is 0.800 bits per heavy atom. The van der Waals surface area contributed by atoms with Crippen molar-refractivity contribution < 1.29 is 9.90 Å². The van der Waals surface area contributed by atoms with Gasteiger partial charge in [-0.15, -0.1) is 0 Å². The summed E-state index contributed by atoms with van der Waals surface area (Å²) in [7, 11) is 4.39. The Morgan fingerprint density at radius 2 is 1.37 bits per heavy atom. The Morgan fingerprint density at radius 3 is 1.86 bits per heavy atom. The van der Waals surface area contributed by atoms with Crippen LogP contribution in [0.15, 0.2) is 60.7 Å². The van der Waals surface area contributed by atoms with Crippen molar-refractivity contribution in [2.75, 3.05) is 27.2 Å². The normalized spacial score (nSPS) is 31.1. The van der Waals surface area contributed by atoms with Crippen LogP contribution in [0.3, 0.4) is 0 Å². The van der Waals surface area contributed by atoms with Crippen LogP contribution in [-0.2, 0) is 11.1 Å². The first-order valence-corrected chi connectivity index (χ1v) is 13.4. The number of rotatable bonds is 6. The van der Waals surface area contributed by atoms with Gasteiger partial charge in [-0.05, 0) is 83.0 Å². The zero-order valence-corrected chi connectivity index (χ0v) is 21.2. The first kappa shape index (κ1) is 23.1. The molecule has 5 nitrogen and oxygen atoms in total. The molecule has 35 heavy (non-hydrogen) atoms. The molecule has 0 radical (unpaired) electrons. The van der Waals surface area contributed by atoms with E-state index in [0.717, 1.165) is 64.3 Å². The third-order valence-corrected chi connectivity index (χ3v) is 9.95. The van der Waals surface area contributed by atoms with Crippen LogP contribution in [0.4, 0.5) is 4.79 Å². The SMILES string of the molecule is CN(C)C1(c2ccccc2)CCC2(CC1)CN(C1(c3ccccc3)CC1)C(=O)N2CC1(O)CCC1. The maximum Gasteiger partial charge on any atom is 0.321 e. The Kier molecular flexibility index (Phi) is 5.32. The van der Waals surface area contributed by atoms with Gasteiger partial charge in [0.1, 0.15) is 0 Å². The summed E-state index contributed by atoms with van der Waals surface area (Å²) >= 11 is 0. The lowest BCUT2D eigenvalue weighted by Gasteiger charge is -2.52. The fraction of sp³-hybridized carbons (Fsp3) is 0.567. The van der Waals surface area contributed by atoms with Gasteiger partial charge in [0.15, 0.2) is 0 Å². The molecule has 3 saturated carbocycles. The summed E-state index contributed by atoms with van der Waals surface area (Å²) in [6.07, 6.45) is 8.68. The molecule has 0 unspecified atom stereocenters. The van der Waals surface area contributed by atoms with E-state index in [-0.39, 0.29) is 22.6 Å². The molecule has 6 rings (SSSR count). The van der Waals surface area contributed by atoms with Crippen LogP contribution in [0.5, 0.6) is 0 Å². The predicted octanol–water partition coefficient (Wildman–Crippen LogP) is 5.10. The van der Waals surface area contributed by atoms with Gasteiger partial charge in [-0.2, -0.15) is 0 Å². The summed E-state index contributed by atoms with van der Waals surface area (Å²) in [5.41, 5.74) is 1.53. The van der Waals surface area contributed by atoms with Crippen molar-refractivity contribution in [2.45, 2.75) is 80.0 Å². The van der Waals surface area contributed by atoms with E-state index >= 15 is 0 Å². The standard InChI is InChI=1S/C30H39N3O2/c1-31(2)29(24-10-5-3-6-11-24)18-16-27(17-19-29)22-33(26(34)32(27)23-28(35)14-9-15-28)30(20-21-30)25-12-7-4-8-13-25/h3-8,10-13,35H,9,14-23H2,1-2H3. The van der Waals surface area contributed by atoms with Gasteiger partial charge in [-0.3, -0.25) is 4.90 Å². The predicted molar refractivity (Wildman–Crippen MR) is 138 cm³/mol. The van der Waals surface area contributed by atoms with Gasteiger partial charge < -0.3 is 14.9 Å². The first-order valence-electron chi connectivity index (χ1n) is 13.4. The number of amides is 2. The Labute approximate surface area is 209 Å². The number of hydrogen-bond acceptors (Lipinski definition) is 3. The molecule has 0 atom stereocenters. The van der Waals surface area contributed by atoms with Crippen molar-refractivity contribution >= 4 is 6.03 Å². The summed E-state index contributed by atoms with van der Waals surface area (Å²) in [6, 6.07) is 21.6. The molecule has 0 aromatic heterocycles. The van der Waals surface area contributed by atoms with E-state index in [4.69, 9.17) is 0 Å². The van der Waals surface area contributed by atoms with Gasteiger partial charge in [0.25, 0.3) is 0 Å². The van der Waals surface area contributed by atoms with Crippen molar-refractivity contribution in [3.05, 3.63) is 71.8 Å². The van der Waals surface area contributed by atoms with Crippen LogP contribution in [0.1, 0.15) is 68.9 Å². The van der Waals surface area contributed by atoms with Crippen LogP contribution in [0.25, 0.3) is 0 Å². The lowest BCUT2D eigenvalue weighted by atomic mass is 9.67. The minimum absolute atomic E-state index is 0.0152. The van der Waals surface area contributed by atoms with Gasteiger partial charge in [0, 0.05) is 12.1 Å². The van der Waals surface area contributed by atoms with Crippen LogP contribution >= 0.6 is 0 Å². The van der Waals surface area contributed by atoms with Gasteiger partial charge >= 0.3 is 6.03 Å². The number of hydrogen-bond donors (Lipinski definition) is 1. The molecule has 1 spiro atoms. The van der Waals surface area contributed by atoms with Crippen molar-refractivity contribution in [3.63, 3.8) is 0 Å². The van der Waals surface area contributed by atoms with Gasteiger partial charge in [0.2, 0.25) is 0 Å². The van der Waals surface area contributed by atoms with E-state index in [1.165, 1.54) is 11.1 Å². The fourth-order valence-electron chi connectivity index (χ4n) is 7.28. The Hall–Kier alpha value is -2.37. The van der Waals surface area contributed by atoms with Gasteiger partial charge in [-0.1, -0.05) is 60.7 Å². The zero-order valence-electron chi connectivity index (χ0n) is 21.2. The highest BCUT2D eigenvalue weighted by Crippen LogP contribution is 2.57. The van der Waals surface area contributed by atoms with Crippen molar-refractivity contribution in [2.24, 2.45) is 0 Å². The number of nitrogens with zero attached hydrogens (tertiary/aromatic N) is 3. The maximum atomic E-state index is 14.2. The van der Waals surface area contributed by atoms with Crippen molar-refractivity contribution in [1.29, 1.82) is 0 Å². The molecule has 4 fully saturated rings. The van der Waals surface area contributed by atoms with Crippen LogP contribution in [0.2, 0.25) is 0 Å². The molecule has 3 aliphatic carbocycles. The molecule has 2 aromatic carbocycles. The van der Waals surface area contributed by atoms with Crippen molar-refractivity contribution in [3.8, 4) is 0 Å². The number of aliphatic hydroxyl groups is 1. The van der Waals surface area contributed by atoms with Crippen LogP contribution in [0, 0.1) is 0 Å². The number of benzene rings is 2. The van der Waals surface area contributed by atoms with Gasteiger partial charge in [0.05, 0.1) is 23.2 Å². The van der Waals surface area contributed by atoms with Crippen LogP contribution in [-0.4, -0.2) is 64.2 Å². The second-order valence-corrected chi connectivity index (χ2v) is 11.9. The number of urea groups is 1. The maximum absolute atomic E-state index is 14.2. The van der Waals surface area contributed by atoms with E-state index in [1.54, 1.807) is 0 Å². The lowest BCUT2D eigenvalue weighted by molar-refractivity contribution is -0.0725. The number of carbonyl (C=O) groups excluding carboxylic acids is 1. The zero-order chi connectivity index (χ0) is 24.3. The first-order chi connectivity index (χ1) is 16.8. The van der Waals surface area contributed by atoms with E-state index < -0.39 is 5.60 Å². The van der Waals surface area contributed by atoms with Crippen LogP contribution < -0.4 is 0 Å². The lowest BCUT2D eigenvalue weighted by Crippen LogP contribution is -2.59. The van der Waals surface area contributed by atoms with E-state index in [1.807, 2.05) is 0 Å². The molecule has 5 heteroatoms. The third kappa shape index (κ3) is 3.54. The minimum Gasteiger partial charge on any atom is -0.388 e. The molecular weight excluding hydrogens is 434 g/mol. The quantitative estimate of drug-likeness (QED) is 0.635. The Balaban J connectivity index is 1.33. The van der Waals surface area contributed by atoms with E-state index in [0.29, 0.717) is 6.54 Å².